The van der Waals surface area contributed by atoms with Gasteiger partial charge >= 0.3 is 0 Å². The number of nitro benzene ring substituents is 1. The Morgan fingerprint density at radius 3 is 2.58 bits per heavy atom. The van der Waals surface area contributed by atoms with Crippen LogP contribution in [0.5, 0.6) is 5.75 Å². The molecule has 3 rings (SSSR count). The maximum atomic E-state index is 11.0. The van der Waals surface area contributed by atoms with Crippen molar-refractivity contribution in [2.75, 3.05) is 17.5 Å². The van der Waals surface area contributed by atoms with Crippen LogP contribution in [0, 0.1) is 21.4 Å². The highest BCUT2D eigenvalue weighted by molar-refractivity contribution is 8.25. The van der Waals surface area contributed by atoms with Crippen molar-refractivity contribution in [2.24, 2.45) is 0 Å². The second-order valence-electron chi connectivity index (χ2n) is 5.02. The van der Waals surface area contributed by atoms with Crippen molar-refractivity contribution in [3.8, 4) is 11.8 Å². The van der Waals surface area contributed by atoms with Crippen molar-refractivity contribution in [1.29, 1.82) is 5.26 Å². The topological polar surface area (TPSA) is 120 Å². The summed E-state index contributed by atoms with van der Waals surface area (Å²) in [6.07, 6.45) is 0. The molecule has 24 heavy (non-hydrogen) atoms. The first-order valence-electron chi connectivity index (χ1n) is 6.91. The number of non-ortho nitro benzene ring substituents is 1. The van der Waals surface area contributed by atoms with Gasteiger partial charge in [0.15, 0.2) is 0 Å². The summed E-state index contributed by atoms with van der Waals surface area (Å²) in [6.45, 7) is 0.359. The minimum Gasteiger partial charge on any atom is -0.490 e. The monoisotopic (exact) mass is 347 g/mol. The highest BCUT2D eigenvalue weighted by atomic mass is 32.3. The highest BCUT2D eigenvalue weighted by Gasteiger charge is 2.33. The maximum Gasteiger partial charge on any atom is 0.271 e. The molecule has 124 valence electrons. The average molecular weight is 347 g/mol. The normalized spacial score (nSPS) is 17.0. The zero-order chi connectivity index (χ0) is 17.3. The molecule has 2 aromatic rings. The molecular weight excluding hydrogens is 334 g/mol. The fourth-order valence-corrected chi connectivity index (χ4v) is 4.06. The van der Waals surface area contributed by atoms with Crippen molar-refractivity contribution in [1.82, 2.24) is 0 Å². The highest BCUT2D eigenvalue weighted by Crippen LogP contribution is 2.58. The Morgan fingerprint density at radius 2 is 1.96 bits per heavy atom. The van der Waals surface area contributed by atoms with Crippen LogP contribution in [0.4, 0.5) is 11.4 Å². The molecule has 0 saturated heterocycles. The molecule has 0 spiro atoms. The molecule has 9 heteroatoms. The third-order valence-electron chi connectivity index (χ3n) is 3.58. The summed E-state index contributed by atoms with van der Waals surface area (Å²) >= 11 is 0. The van der Waals surface area contributed by atoms with Crippen molar-refractivity contribution in [3.63, 3.8) is 0 Å². The molecule has 1 aliphatic rings. The van der Waals surface area contributed by atoms with Gasteiger partial charge in [-0.3, -0.25) is 23.5 Å². The number of benzene rings is 2. The van der Waals surface area contributed by atoms with Crippen LogP contribution in [0.1, 0.15) is 5.56 Å². The molecule has 0 atom stereocenters. The zero-order valence-corrected chi connectivity index (χ0v) is 13.1. The third kappa shape index (κ3) is 2.74. The van der Waals surface area contributed by atoms with Gasteiger partial charge in [0, 0.05) is 12.1 Å². The van der Waals surface area contributed by atoms with Crippen LogP contribution in [0.15, 0.2) is 47.4 Å². The summed E-state index contributed by atoms with van der Waals surface area (Å²) in [4.78, 5) is 10.3. The summed E-state index contributed by atoms with van der Waals surface area (Å²) in [5, 5.41) is 19.8. The standard InChI is InChI=1S/C15H13N3O5S/c16-10-11-1-3-12(4-2-11)17-7-8-23-14-6-5-13(18(19)20)9-15(14)24(17,21)22/h1-6,9,21-22H,7-8H2. The second kappa shape index (κ2) is 6.01. The number of hydrogen-bond donors (Lipinski definition) is 2. The lowest BCUT2D eigenvalue weighted by Gasteiger charge is -2.42. The second-order valence-corrected chi connectivity index (χ2v) is 6.93. The summed E-state index contributed by atoms with van der Waals surface area (Å²) in [5.74, 6) is 0.205. The largest absolute Gasteiger partial charge is 0.490 e. The van der Waals surface area contributed by atoms with Crippen LogP contribution >= 0.6 is 10.8 Å². The number of nitriles is 1. The van der Waals surface area contributed by atoms with Crippen molar-refractivity contribution >= 4 is 22.2 Å². The molecule has 0 radical (unpaired) electrons. The van der Waals surface area contributed by atoms with Crippen LogP contribution < -0.4 is 9.04 Å². The quantitative estimate of drug-likeness (QED) is 0.631. The number of fused-ring (bicyclic) bond motifs is 1. The molecule has 8 nitrogen and oxygen atoms in total. The summed E-state index contributed by atoms with van der Waals surface area (Å²) < 4.78 is 28.3. The molecule has 2 aromatic carbocycles. The van der Waals surface area contributed by atoms with E-state index < -0.39 is 15.7 Å². The molecule has 2 N–H and O–H groups in total. The first-order chi connectivity index (χ1) is 11.4. The van der Waals surface area contributed by atoms with Crippen LogP contribution in [-0.4, -0.2) is 27.2 Å². The Bertz CT molecular complexity index is 832. The molecule has 0 amide bonds. The molecule has 0 aliphatic carbocycles. The summed E-state index contributed by atoms with van der Waals surface area (Å²) in [5.41, 5.74) is 0.674. The van der Waals surface area contributed by atoms with Gasteiger partial charge in [-0.1, -0.05) is 10.8 Å². The van der Waals surface area contributed by atoms with Crippen LogP contribution in [0.2, 0.25) is 0 Å². The smallest absolute Gasteiger partial charge is 0.271 e. The Balaban J connectivity index is 2.08. The predicted octanol–water partition coefficient (Wildman–Crippen LogP) is 3.39. The van der Waals surface area contributed by atoms with Gasteiger partial charge in [-0.15, -0.1) is 0 Å². The van der Waals surface area contributed by atoms with Gasteiger partial charge in [0.2, 0.25) is 0 Å². The van der Waals surface area contributed by atoms with Gasteiger partial charge in [-0.2, -0.15) is 5.26 Å². The Hall–Kier alpha value is -2.80. The maximum absolute atomic E-state index is 11.0. The van der Waals surface area contributed by atoms with Crippen molar-refractivity contribution in [2.45, 2.75) is 4.90 Å². The minimum atomic E-state index is -3.53. The van der Waals surface area contributed by atoms with E-state index in [9.17, 15) is 19.2 Å². The first kappa shape index (κ1) is 16.1. The van der Waals surface area contributed by atoms with Crippen LogP contribution in [-0.2, 0) is 0 Å². The number of nitro groups is 1. The van der Waals surface area contributed by atoms with E-state index in [2.05, 4.69) is 0 Å². The number of anilines is 1. The lowest BCUT2D eigenvalue weighted by Crippen LogP contribution is -2.29. The van der Waals surface area contributed by atoms with E-state index in [1.54, 1.807) is 24.3 Å². The number of ether oxygens (including phenoxy) is 1. The molecule has 0 bridgehead atoms. The summed E-state index contributed by atoms with van der Waals surface area (Å²) in [6, 6.07) is 12.0. The molecule has 1 aliphatic heterocycles. The zero-order valence-electron chi connectivity index (χ0n) is 12.3. The van der Waals surface area contributed by atoms with E-state index in [-0.39, 0.29) is 29.5 Å². The lowest BCUT2D eigenvalue weighted by molar-refractivity contribution is -0.385. The SMILES string of the molecule is N#Cc1ccc(N2CCOc3ccc([N+](=O)[O-])cc3S2(O)O)cc1. The van der Waals surface area contributed by atoms with Crippen molar-refractivity contribution in [3.05, 3.63) is 58.1 Å². The van der Waals surface area contributed by atoms with E-state index in [0.717, 1.165) is 6.07 Å². The Kier molecular flexibility index (Phi) is 4.02. The number of hydrogen-bond acceptors (Lipinski definition) is 7. The molecule has 0 fully saturated rings. The average Bonchev–Trinajstić information content (AvgIpc) is 2.71. The van der Waals surface area contributed by atoms with Gasteiger partial charge in [0.05, 0.1) is 28.8 Å². The molecular formula is C15H13N3O5S. The van der Waals surface area contributed by atoms with Gasteiger partial charge in [0.25, 0.3) is 5.69 Å². The number of nitrogens with zero attached hydrogens (tertiary/aromatic N) is 3. The Labute approximate surface area is 139 Å². The Morgan fingerprint density at radius 1 is 1.25 bits per heavy atom. The van der Waals surface area contributed by atoms with Gasteiger partial charge in [-0.05, 0) is 30.3 Å². The summed E-state index contributed by atoms with van der Waals surface area (Å²) in [7, 11) is -3.53. The van der Waals surface area contributed by atoms with Gasteiger partial charge in [-0.25, -0.2) is 0 Å². The van der Waals surface area contributed by atoms with Gasteiger partial charge in [0.1, 0.15) is 17.3 Å². The van der Waals surface area contributed by atoms with E-state index >= 15 is 0 Å². The lowest BCUT2D eigenvalue weighted by atomic mass is 10.2. The molecule has 1 heterocycles. The van der Waals surface area contributed by atoms with E-state index in [1.807, 2.05) is 6.07 Å². The van der Waals surface area contributed by atoms with E-state index in [4.69, 9.17) is 10.00 Å². The van der Waals surface area contributed by atoms with E-state index in [0.29, 0.717) is 11.3 Å². The minimum absolute atomic E-state index is 0.0291. The predicted molar refractivity (Wildman–Crippen MR) is 88.2 cm³/mol. The molecule has 0 unspecified atom stereocenters. The van der Waals surface area contributed by atoms with Crippen LogP contribution in [0.25, 0.3) is 0 Å². The van der Waals surface area contributed by atoms with Crippen LogP contribution in [0.3, 0.4) is 0 Å². The fraction of sp³-hybridized carbons (Fsp3) is 0.133. The number of rotatable bonds is 2. The third-order valence-corrected chi connectivity index (χ3v) is 5.49. The van der Waals surface area contributed by atoms with Crippen molar-refractivity contribution < 1.29 is 18.8 Å². The molecule has 0 saturated carbocycles. The fourth-order valence-electron chi connectivity index (χ4n) is 2.41. The van der Waals surface area contributed by atoms with Gasteiger partial charge < -0.3 is 4.74 Å². The van der Waals surface area contributed by atoms with E-state index in [1.165, 1.54) is 16.4 Å². The molecule has 0 aromatic heterocycles. The first-order valence-corrected chi connectivity index (χ1v) is 8.41.